The van der Waals surface area contributed by atoms with Crippen LogP contribution in [0.2, 0.25) is 0 Å². The van der Waals surface area contributed by atoms with E-state index in [0.29, 0.717) is 0 Å². The smallest absolute Gasteiger partial charge is 0.352 e. The highest BCUT2D eigenvalue weighted by molar-refractivity contribution is 9.10. The Morgan fingerprint density at radius 2 is 1.79 bits per heavy atom. The lowest BCUT2D eigenvalue weighted by molar-refractivity contribution is -0.0244. The van der Waals surface area contributed by atoms with Crippen LogP contribution in [-0.2, 0) is 31.6 Å². The fourth-order valence-electron chi connectivity index (χ4n) is 2.17. The normalized spacial score (nSPS) is 24.6. The minimum absolute atomic E-state index is 0.0763. The Bertz CT molecular complexity index is 984. The van der Waals surface area contributed by atoms with Crippen LogP contribution in [0.5, 0.6) is 0 Å². The number of hydrogen-bond acceptors (Lipinski definition) is 9. The number of rotatable bonds is 8. The summed E-state index contributed by atoms with van der Waals surface area (Å²) in [4.78, 5) is 60.5. The number of ether oxygens (including phenoxy) is 1. The summed E-state index contributed by atoms with van der Waals surface area (Å²) in [5.74, 6) is 0. The Balaban J connectivity index is 1.95. The highest BCUT2D eigenvalue weighted by atomic mass is 79.9. The first-order valence-corrected chi connectivity index (χ1v) is 12.4. The van der Waals surface area contributed by atoms with Crippen molar-refractivity contribution in [1.29, 1.82) is 0 Å². The summed E-state index contributed by atoms with van der Waals surface area (Å²) >= 11 is 2.96. The minimum atomic E-state index is -5.60. The van der Waals surface area contributed by atoms with Crippen LogP contribution in [0.15, 0.2) is 20.3 Å². The van der Waals surface area contributed by atoms with Crippen LogP contribution in [0, 0.1) is 0 Å². The highest BCUT2D eigenvalue weighted by Crippen LogP contribution is 2.66. The lowest BCUT2D eigenvalue weighted by Crippen LogP contribution is -2.32. The van der Waals surface area contributed by atoms with E-state index in [9.17, 15) is 28.2 Å². The van der Waals surface area contributed by atoms with Crippen molar-refractivity contribution in [3.63, 3.8) is 0 Å². The van der Waals surface area contributed by atoms with E-state index < -0.39 is 53.7 Å². The van der Waals surface area contributed by atoms with E-state index in [2.05, 4.69) is 34.1 Å². The predicted octanol–water partition coefficient (Wildman–Crippen LogP) is 0.320. The summed E-state index contributed by atoms with van der Waals surface area (Å²) in [6.07, 6.45) is 0.0471. The zero-order chi connectivity index (χ0) is 21.3. The van der Waals surface area contributed by atoms with Gasteiger partial charge in [0, 0.05) is 6.20 Å². The van der Waals surface area contributed by atoms with E-state index in [-0.39, 0.29) is 17.3 Å². The van der Waals surface area contributed by atoms with E-state index in [0.717, 1.165) is 4.57 Å². The van der Waals surface area contributed by atoms with Crippen LogP contribution in [0.25, 0.3) is 0 Å². The van der Waals surface area contributed by atoms with Crippen LogP contribution in [-0.4, -0.2) is 41.8 Å². The largest absolute Gasteiger partial charge is 0.490 e. The molecule has 0 radical (unpaired) electrons. The zero-order valence-corrected chi connectivity index (χ0v) is 17.8. The summed E-state index contributed by atoms with van der Waals surface area (Å²) in [5.41, 5.74) is -1.38. The quantitative estimate of drug-likeness (QED) is 0.286. The maximum atomic E-state index is 11.8. The van der Waals surface area contributed by atoms with Gasteiger partial charge >= 0.3 is 29.2 Å². The number of hydrogen-bond donors (Lipinski definition) is 5. The second-order valence-electron chi connectivity index (χ2n) is 5.32. The first-order chi connectivity index (χ1) is 12.7. The van der Waals surface area contributed by atoms with E-state index in [4.69, 9.17) is 19.4 Å². The van der Waals surface area contributed by atoms with Crippen LogP contribution in [0.3, 0.4) is 0 Å². The molecule has 1 aromatic heterocycles. The van der Waals surface area contributed by atoms with Crippen LogP contribution in [0.4, 0.5) is 0 Å². The van der Waals surface area contributed by atoms with Gasteiger partial charge in [-0.15, -0.1) is 0 Å². The molecule has 0 aliphatic carbocycles. The number of H-pyrrole nitrogens is 1. The molecule has 15 nitrogen and oxygen atoms in total. The fourth-order valence-corrected chi connectivity index (χ4v) is 5.54. The Kier molecular flexibility index (Phi) is 7.41. The predicted molar refractivity (Wildman–Crippen MR) is 92.0 cm³/mol. The lowest BCUT2D eigenvalue weighted by Gasteiger charge is -2.18. The number of aromatic amines is 1. The van der Waals surface area contributed by atoms with Crippen molar-refractivity contribution < 1.29 is 51.2 Å². The van der Waals surface area contributed by atoms with Crippen LogP contribution >= 0.6 is 39.4 Å². The zero-order valence-electron chi connectivity index (χ0n) is 13.5. The van der Waals surface area contributed by atoms with Gasteiger partial charge in [-0.05, 0) is 28.8 Å². The van der Waals surface area contributed by atoms with E-state index in [1.54, 1.807) is 0 Å². The molecular weight excluding hydrogens is 517 g/mol. The molecule has 5 N–H and O–H groups in total. The third kappa shape index (κ3) is 7.10. The van der Waals surface area contributed by atoms with Gasteiger partial charge in [-0.1, -0.05) is 0 Å². The van der Waals surface area contributed by atoms with Crippen molar-refractivity contribution in [1.82, 2.24) is 9.55 Å². The van der Waals surface area contributed by atoms with Gasteiger partial charge in [0.15, 0.2) is 0 Å². The molecule has 4 atom stereocenters. The molecule has 160 valence electrons. The number of aromatic nitrogens is 2. The first kappa shape index (κ1) is 23.8. The van der Waals surface area contributed by atoms with Gasteiger partial charge in [0.2, 0.25) is 0 Å². The maximum absolute atomic E-state index is 11.8. The van der Waals surface area contributed by atoms with E-state index in [1.807, 2.05) is 0 Å². The van der Waals surface area contributed by atoms with Gasteiger partial charge < -0.3 is 24.3 Å². The van der Waals surface area contributed by atoms with E-state index in [1.165, 1.54) is 6.20 Å². The van der Waals surface area contributed by atoms with Crippen molar-refractivity contribution in [3.8, 4) is 0 Å². The fraction of sp³-hybridized carbons (Fsp3) is 0.556. The standard InChI is InChI=1S/C9H14BrN2O13P3/c10-6-3-12(9(14)11-8(6)13)7-2-1-5(23-7)4-22-27(18,19)25-28(20,21)24-26(15,16)17/h3,5,7H,1-2,4H2,(H,18,19)(H,20,21)(H,11,13,14)(H2,15,16,17)/t5-,7+/m1/s1. The number of halogens is 1. The Morgan fingerprint density at radius 3 is 2.39 bits per heavy atom. The molecule has 1 aliphatic heterocycles. The van der Waals surface area contributed by atoms with Gasteiger partial charge in [-0.25, -0.2) is 18.5 Å². The SMILES string of the molecule is O=c1[nH]c(=O)n([C@@H]2CC[C@H](COP(=O)(O)OP(=O)(O)OP(=O)(O)O)O2)cc1Br. The number of nitrogens with one attached hydrogen (secondary N) is 1. The Morgan fingerprint density at radius 1 is 1.14 bits per heavy atom. The third-order valence-corrected chi connectivity index (χ3v) is 7.53. The summed E-state index contributed by atoms with van der Waals surface area (Å²) in [6.45, 7) is -0.626. The summed E-state index contributed by atoms with van der Waals surface area (Å²) in [5, 5.41) is 0. The van der Waals surface area contributed by atoms with Crippen molar-refractivity contribution >= 4 is 39.4 Å². The Hall–Kier alpha value is -0.470. The summed E-state index contributed by atoms with van der Waals surface area (Å²) in [7, 11) is -16.3. The molecule has 1 saturated heterocycles. The van der Waals surface area contributed by atoms with Crippen molar-refractivity contribution in [2.75, 3.05) is 6.61 Å². The number of phosphoric ester groups is 1. The molecule has 1 aromatic rings. The molecule has 1 fully saturated rings. The average molecular weight is 531 g/mol. The van der Waals surface area contributed by atoms with Gasteiger partial charge in [-0.3, -0.25) is 18.9 Å². The monoisotopic (exact) mass is 530 g/mol. The summed E-state index contributed by atoms with van der Waals surface area (Å²) in [6, 6.07) is 0. The molecule has 2 rings (SSSR count). The third-order valence-electron chi connectivity index (χ3n) is 3.16. The van der Waals surface area contributed by atoms with Crippen molar-refractivity contribution in [3.05, 3.63) is 31.5 Å². The van der Waals surface area contributed by atoms with Crippen molar-refractivity contribution in [2.24, 2.45) is 0 Å². The van der Waals surface area contributed by atoms with Gasteiger partial charge in [-0.2, -0.15) is 8.62 Å². The Labute approximate surface area is 163 Å². The highest BCUT2D eigenvalue weighted by Gasteiger charge is 2.41. The van der Waals surface area contributed by atoms with Gasteiger partial charge in [0.25, 0.3) is 5.56 Å². The molecule has 0 spiro atoms. The van der Waals surface area contributed by atoms with Crippen LogP contribution < -0.4 is 11.2 Å². The number of nitrogens with zero attached hydrogens (tertiary/aromatic N) is 1. The van der Waals surface area contributed by atoms with Crippen LogP contribution in [0.1, 0.15) is 19.1 Å². The summed E-state index contributed by atoms with van der Waals surface area (Å²) < 4.78 is 51.6. The minimum Gasteiger partial charge on any atom is -0.352 e. The maximum Gasteiger partial charge on any atom is 0.490 e. The average Bonchev–Trinajstić information content (AvgIpc) is 2.94. The molecule has 28 heavy (non-hydrogen) atoms. The second kappa shape index (κ2) is 8.72. The van der Waals surface area contributed by atoms with E-state index >= 15 is 0 Å². The van der Waals surface area contributed by atoms with Gasteiger partial charge in [0.05, 0.1) is 17.2 Å². The molecule has 2 unspecified atom stereocenters. The molecule has 0 amide bonds. The lowest BCUT2D eigenvalue weighted by atomic mass is 10.2. The first-order valence-electron chi connectivity index (χ1n) is 7.12. The van der Waals surface area contributed by atoms with Gasteiger partial charge in [0.1, 0.15) is 6.23 Å². The molecule has 2 heterocycles. The molecule has 0 bridgehead atoms. The molecule has 1 aliphatic rings. The molecule has 0 saturated carbocycles. The second-order valence-corrected chi connectivity index (χ2v) is 10.6. The molecule has 0 aromatic carbocycles. The topological polar surface area (TPSA) is 224 Å². The molecule has 19 heteroatoms. The molecular formula is C9H14BrN2O13P3. The number of phosphoric acid groups is 3. The van der Waals surface area contributed by atoms with Crippen molar-refractivity contribution in [2.45, 2.75) is 25.2 Å².